The fraction of sp³-hybridized carbons (Fsp3) is 0.625. The third kappa shape index (κ3) is 4.44. The fourth-order valence-corrected chi connectivity index (χ4v) is 4.65. The summed E-state index contributed by atoms with van der Waals surface area (Å²) in [7, 11) is -3.44. The molecule has 1 fully saturated rings. The summed E-state index contributed by atoms with van der Waals surface area (Å²) < 4.78 is 27.8. The Morgan fingerprint density at radius 1 is 1.19 bits per heavy atom. The topological polar surface area (TPSA) is 46.2 Å². The van der Waals surface area contributed by atoms with Crippen molar-refractivity contribution < 1.29 is 8.42 Å². The van der Waals surface area contributed by atoms with E-state index in [0.717, 1.165) is 38.5 Å². The molecule has 1 aliphatic carbocycles. The van der Waals surface area contributed by atoms with E-state index in [2.05, 4.69) is 11.6 Å². The second-order valence-corrected chi connectivity index (χ2v) is 7.84. The molecule has 2 unspecified atom stereocenters. The standard InChI is InChI=1S/C16H24ClNO2S/c1-2-5-13-8-10-15(11-9-13)21(19,20)18-16-7-4-3-6-14(16)12-17/h8-11,14,16,18H,2-7,12H2,1H3. The smallest absolute Gasteiger partial charge is 0.208 e. The van der Waals surface area contributed by atoms with Crippen molar-refractivity contribution in [2.24, 2.45) is 5.92 Å². The van der Waals surface area contributed by atoms with E-state index in [0.29, 0.717) is 10.8 Å². The Balaban J connectivity index is 2.10. The van der Waals surface area contributed by atoms with Gasteiger partial charge in [-0.3, -0.25) is 0 Å². The number of nitrogens with one attached hydrogen (secondary N) is 1. The first kappa shape index (κ1) is 16.8. The van der Waals surface area contributed by atoms with Crippen LogP contribution in [0.1, 0.15) is 44.6 Å². The Bertz CT molecular complexity index is 542. The maximum atomic E-state index is 12.5. The van der Waals surface area contributed by atoms with E-state index >= 15 is 0 Å². The molecule has 2 atom stereocenters. The minimum absolute atomic E-state index is 0.0310. The highest BCUT2D eigenvalue weighted by Crippen LogP contribution is 2.26. The zero-order valence-corrected chi connectivity index (χ0v) is 14.1. The lowest BCUT2D eigenvalue weighted by molar-refractivity contribution is 0.314. The second kappa shape index (κ2) is 7.61. The highest BCUT2D eigenvalue weighted by molar-refractivity contribution is 7.89. The Hall–Kier alpha value is -0.580. The Morgan fingerprint density at radius 3 is 2.48 bits per heavy atom. The van der Waals surface area contributed by atoms with Crippen LogP contribution in [-0.4, -0.2) is 20.3 Å². The number of rotatable bonds is 6. The quantitative estimate of drug-likeness (QED) is 0.808. The minimum atomic E-state index is -3.44. The largest absolute Gasteiger partial charge is 0.240 e. The highest BCUT2D eigenvalue weighted by atomic mass is 35.5. The van der Waals surface area contributed by atoms with Gasteiger partial charge in [0.2, 0.25) is 10.0 Å². The number of sulfonamides is 1. The summed E-state index contributed by atoms with van der Waals surface area (Å²) in [5.74, 6) is 0.761. The van der Waals surface area contributed by atoms with Gasteiger partial charge < -0.3 is 0 Å². The molecule has 1 aromatic carbocycles. The molecule has 0 aromatic heterocycles. The summed E-state index contributed by atoms with van der Waals surface area (Å²) >= 11 is 5.97. The molecule has 1 saturated carbocycles. The first-order valence-corrected chi connectivity index (χ1v) is 9.76. The third-order valence-corrected chi connectivity index (χ3v) is 6.09. The SMILES string of the molecule is CCCc1ccc(S(=O)(=O)NC2CCCCC2CCl)cc1. The molecule has 1 aromatic rings. The normalized spacial score (nSPS) is 23.1. The van der Waals surface area contributed by atoms with Crippen LogP contribution in [0.25, 0.3) is 0 Å². The van der Waals surface area contributed by atoms with Gasteiger partial charge in [-0.1, -0.05) is 38.3 Å². The van der Waals surface area contributed by atoms with Crippen LogP contribution in [0, 0.1) is 5.92 Å². The first-order chi connectivity index (χ1) is 10.1. The van der Waals surface area contributed by atoms with Crippen molar-refractivity contribution in [3.8, 4) is 0 Å². The fourth-order valence-electron chi connectivity index (χ4n) is 2.94. The van der Waals surface area contributed by atoms with Crippen molar-refractivity contribution in [2.45, 2.75) is 56.4 Å². The van der Waals surface area contributed by atoms with Gasteiger partial charge in [0.05, 0.1) is 4.90 Å². The maximum Gasteiger partial charge on any atom is 0.240 e. The van der Waals surface area contributed by atoms with Crippen LogP contribution in [0.5, 0.6) is 0 Å². The molecular weight excluding hydrogens is 306 g/mol. The zero-order valence-electron chi connectivity index (χ0n) is 12.5. The number of hydrogen-bond acceptors (Lipinski definition) is 2. The van der Waals surface area contributed by atoms with Gasteiger partial charge in [-0.15, -0.1) is 11.6 Å². The van der Waals surface area contributed by atoms with E-state index in [1.165, 1.54) is 5.56 Å². The van der Waals surface area contributed by atoms with Gasteiger partial charge in [0.1, 0.15) is 0 Å². The van der Waals surface area contributed by atoms with Crippen molar-refractivity contribution >= 4 is 21.6 Å². The van der Waals surface area contributed by atoms with Crippen LogP contribution in [0.3, 0.4) is 0 Å². The zero-order chi connectivity index (χ0) is 15.3. The summed E-state index contributed by atoms with van der Waals surface area (Å²) in [6, 6.07) is 7.17. The van der Waals surface area contributed by atoms with Gasteiger partial charge in [0.15, 0.2) is 0 Å². The van der Waals surface area contributed by atoms with Crippen LogP contribution in [0.2, 0.25) is 0 Å². The van der Waals surface area contributed by atoms with Gasteiger partial charge in [0, 0.05) is 11.9 Å². The predicted molar refractivity (Wildman–Crippen MR) is 87.2 cm³/mol. The molecule has 3 nitrogen and oxygen atoms in total. The van der Waals surface area contributed by atoms with E-state index in [9.17, 15) is 8.42 Å². The van der Waals surface area contributed by atoms with Crippen LogP contribution in [-0.2, 0) is 16.4 Å². The van der Waals surface area contributed by atoms with Gasteiger partial charge in [0.25, 0.3) is 0 Å². The summed E-state index contributed by atoms with van der Waals surface area (Å²) in [5.41, 5.74) is 1.17. The van der Waals surface area contributed by atoms with Gasteiger partial charge in [-0.05, 0) is 42.9 Å². The average molecular weight is 330 g/mol. The van der Waals surface area contributed by atoms with Gasteiger partial charge in [-0.25, -0.2) is 13.1 Å². The number of alkyl halides is 1. The molecule has 0 heterocycles. The molecule has 21 heavy (non-hydrogen) atoms. The van der Waals surface area contributed by atoms with E-state index in [-0.39, 0.29) is 12.0 Å². The predicted octanol–water partition coefficient (Wildman–Crippen LogP) is 3.72. The lowest BCUT2D eigenvalue weighted by Gasteiger charge is -2.30. The molecule has 0 aliphatic heterocycles. The van der Waals surface area contributed by atoms with Gasteiger partial charge >= 0.3 is 0 Å². The molecule has 1 aliphatic rings. The van der Waals surface area contributed by atoms with Crippen molar-refractivity contribution in [3.05, 3.63) is 29.8 Å². The molecule has 0 spiro atoms. The average Bonchev–Trinajstić information content (AvgIpc) is 2.48. The molecule has 2 rings (SSSR count). The summed E-state index contributed by atoms with van der Waals surface area (Å²) in [6.45, 7) is 2.11. The number of halogens is 1. The number of aryl methyl sites for hydroxylation is 1. The van der Waals surface area contributed by atoms with E-state index in [1.54, 1.807) is 12.1 Å². The van der Waals surface area contributed by atoms with Crippen LogP contribution >= 0.6 is 11.6 Å². The summed E-state index contributed by atoms with van der Waals surface area (Å²) in [4.78, 5) is 0.348. The van der Waals surface area contributed by atoms with Crippen molar-refractivity contribution in [2.75, 3.05) is 5.88 Å². The first-order valence-electron chi connectivity index (χ1n) is 7.74. The van der Waals surface area contributed by atoms with E-state index in [4.69, 9.17) is 11.6 Å². The van der Waals surface area contributed by atoms with Crippen molar-refractivity contribution in [1.29, 1.82) is 0 Å². The Labute approximate surface area is 133 Å². The van der Waals surface area contributed by atoms with E-state index < -0.39 is 10.0 Å². The van der Waals surface area contributed by atoms with Crippen molar-refractivity contribution in [1.82, 2.24) is 4.72 Å². The molecule has 0 amide bonds. The Morgan fingerprint density at radius 2 is 1.86 bits per heavy atom. The monoisotopic (exact) mass is 329 g/mol. The van der Waals surface area contributed by atoms with Crippen LogP contribution < -0.4 is 4.72 Å². The van der Waals surface area contributed by atoms with Crippen molar-refractivity contribution in [3.63, 3.8) is 0 Å². The molecular formula is C16H24ClNO2S. The summed E-state index contributed by atoms with van der Waals surface area (Å²) in [5, 5.41) is 0. The molecule has 0 bridgehead atoms. The van der Waals surface area contributed by atoms with Crippen LogP contribution in [0.15, 0.2) is 29.2 Å². The number of benzene rings is 1. The maximum absolute atomic E-state index is 12.5. The molecule has 5 heteroatoms. The molecule has 118 valence electrons. The highest BCUT2D eigenvalue weighted by Gasteiger charge is 2.28. The van der Waals surface area contributed by atoms with Crippen LogP contribution in [0.4, 0.5) is 0 Å². The summed E-state index contributed by atoms with van der Waals surface area (Å²) in [6.07, 6.45) is 6.13. The second-order valence-electron chi connectivity index (χ2n) is 5.82. The molecule has 1 N–H and O–H groups in total. The van der Waals surface area contributed by atoms with Gasteiger partial charge in [-0.2, -0.15) is 0 Å². The third-order valence-electron chi connectivity index (χ3n) is 4.19. The lowest BCUT2D eigenvalue weighted by Crippen LogP contribution is -2.42. The Kier molecular flexibility index (Phi) is 6.08. The molecule has 0 saturated heterocycles. The molecule has 0 radical (unpaired) electrons. The number of hydrogen-bond donors (Lipinski definition) is 1. The lowest BCUT2D eigenvalue weighted by atomic mass is 9.86. The minimum Gasteiger partial charge on any atom is -0.208 e. The van der Waals surface area contributed by atoms with E-state index in [1.807, 2.05) is 12.1 Å².